The number of nitrogens with zero attached hydrogens (tertiary/aromatic N) is 3. The number of thiazole rings is 1. The van der Waals surface area contributed by atoms with Crippen molar-refractivity contribution in [2.45, 2.75) is 25.9 Å². The molecule has 0 aromatic carbocycles. The maximum absolute atomic E-state index is 9.36. The molecule has 4 nitrogen and oxygen atoms in total. The van der Waals surface area contributed by atoms with Crippen LogP contribution in [0.25, 0.3) is 10.7 Å². The molecule has 2 aromatic heterocycles. The van der Waals surface area contributed by atoms with Crippen molar-refractivity contribution in [3.8, 4) is 10.7 Å². The zero-order chi connectivity index (χ0) is 13.9. The van der Waals surface area contributed by atoms with Gasteiger partial charge in [-0.3, -0.25) is 9.88 Å². The largest absolute Gasteiger partial charge is 0.394 e. The molecule has 2 rings (SSSR count). The summed E-state index contributed by atoms with van der Waals surface area (Å²) in [5, 5.41) is 12.3. The summed E-state index contributed by atoms with van der Waals surface area (Å²) in [6, 6.07) is 5.82. The Morgan fingerprint density at radius 1 is 1.37 bits per heavy atom. The SMILES string of the molecule is CN(Cc1csc(-c2ccccn2)n1)C(C)(C)CO. The first-order chi connectivity index (χ1) is 9.03. The molecular formula is C14H19N3OS. The molecule has 0 aliphatic rings. The quantitative estimate of drug-likeness (QED) is 0.912. The van der Waals surface area contributed by atoms with E-state index >= 15 is 0 Å². The van der Waals surface area contributed by atoms with Crippen LogP contribution in [-0.2, 0) is 6.54 Å². The summed E-state index contributed by atoms with van der Waals surface area (Å²) in [6.45, 7) is 4.87. The molecule has 0 amide bonds. The van der Waals surface area contributed by atoms with E-state index in [1.54, 1.807) is 17.5 Å². The highest BCUT2D eigenvalue weighted by molar-refractivity contribution is 7.13. The summed E-state index contributed by atoms with van der Waals surface area (Å²) in [6.07, 6.45) is 1.78. The van der Waals surface area contributed by atoms with Gasteiger partial charge in [-0.15, -0.1) is 11.3 Å². The second-order valence-corrected chi connectivity index (χ2v) is 6.04. The summed E-state index contributed by atoms with van der Waals surface area (Å²) >= 11 is 1.60. The van der Waals surface area contributed by atoms with Gasteiger partial charge in [0.2, 0.25) is 0 Å². The van der Waals surface area contributed by atoms with E-state index in [1.165, 1.54) is 0 Å². The van der Waals surface area contributed by atoms with Crippen LogP contribution in [0.4, 0.5) is 0 Å². The minimum absolute atomic E-state index is 0.126. The van der Waals surface area contributed by atoms with Gasteiger partial charge in [0.25, 0.3) is 0 Å². The van der Waals surface area contributed by atoms with Crippen molar-refractivity contribution in [2.24, 2.45) is 0 Å². The zero-order valence-electron chi connectivity index (χ0n) is 11.5. The van der Waals surface area contributed by atoms with E-state index in [4.69, 9.17) is 0 Å². The molecule has 1 N–H and O–H groups in total. The van der Waals surface area contributed by atoms with Gasteiger partial charge in [-0.1, -0.05) is 6.07 Å². The van der Waals surface area contributed by atoms with Crippen LogP contribution >= 0.6 is 11.3 Å². The highest BCUT2D eigenvalue weighted by Crippen LogP contribution is 2.23. The van der Waals surface area contributed by atoms with Crippen molar-refractivity contribution in [2.75, 3.05) is 13.7 Å². The van der Waals surface area contributed by atoms with Gasteiger partial charge >= 0.3 is 0 Å². The lowest BCUT2D eigenvalue weighted by Crippen LogP contribution is -2.43. The molecule has 19 heavy (non-hydrogen) atoms. The lowest BCUT2D eigenvalue weighted by molar-refractivity contribution is 0.0726. The number of hydrogen-bond donors (Lipinski definition) is 1. The van der Waals surface area contributed by atoms with Crippen LogP contribution in [0.1, 0.15) is 19.5 Å². The molecule has 2 heterocycles. The van der Waals surface area contributed by atoms with Crippen LogP contribution in [0.15, 0.2) is 29.8 Å². The molecule has 0 unspecified atom stereocenters. The molecule has 0 spiro atoms. The molecule has 0 aliphatic carbocycles. The third-order valence-electron chi connectivity index (χ3n) is 3.26. The van der Waals surface area contributed by atoms with Gasteiger partial charge in [-0.05, 0) is 33.0 Å². The van der Waals surface area contributed by atoms with Crippen molar-refractivity contribution >= 4 is 11.3 Å². The Hall–Kier alpha value is -1.30. The van der Waals surface area contributed by atoms with Crippen LogP contribution in [-0.4, -0.2) is 39.2 Å². The molecule has 0 atom stereocenters. The van der Waals surface area contributed by atoms with E-state index in [0.717, 1.165) is 22.9 Å². The van der Waals surface area contributed by atoms with Gasteiger partial charge in [0.05, 0.1) is 18.0 Å². The fourth-order valence-electron chi connectivity index (χ4n) is 1.56. The second kappa shape index (κ2) is 5.77. The fourth-order valence-corrected chi connectivity index (χ4v) is 2.35. The van der Waals surface area contributed by atoms with Crippen molar-refractivity contribution in [1.82, 2.24) is 14.9 Å². The standard InChI is InChI=1S/C14H19N3OS/c1-14(2,10-18)17(3)8-11-9-19-13(16-11)12-6-4-5-7-15-12/h4-7,9,18H,8,10H2,1-3H3. The van der Waals surface area contributed by atoms with Crippen molar-refractivity contribution in [3.05, 3.63) is 35.5 Å². The maximum atomic E-state index is 9.36. The molecular weight excluding hydrogens is 258 g/mol. The average molecular weight is 277 g/mol. The van der Waals surface area contributed by atoms with Crippen LogP contribution in [0.5, 0.6) is 0 Å². The Kier molecular flexibility index (Phi) is 4.29. The highest BCUT2D eigenvalue weighted by Gasteiger charge is 2.23. The number of hydrogen-bond acceptors (Lipinski definition) is 5. The molecule has 102 valence electrons. The summed E-state index contributed by atoms with van der Waals surface area (Å²) in [5.74, 6) is 0. The Bertz CT molecular complexity index is 524. The Morgan fingerprint density at radius 2 is 2.16 bits per heavy atom. The zero-order valence-corrected chi connectivity index (χ0v) is 12.3. The molecule has 0 saturated heterocycles. The average Bonchev–Trinajstić information content (AvgIpc) is 2.88. The number of aromatic nitrogens is 2. The van der Waals surface area contributed by atoms with E-state index in [9.17, 15) is 5.11 Å². The van der Waals surface area contributed by atoms with Crippen molar-refractivity contribution in [3.63, 3.8) is 0 Å². The summed E-state index contributed by atoms with van der Waals surface area (Å²) in [4.78, 5) is 11.0. The van der Waals surface area contributed by atoms with E-state index in [1.807, 2.05) is 44.5 Å². The summed E-state index contributed by atoms with van der Waals surface area (Å²) < 4.78 is 0. The summed E-state index contributed by atoms with van der Waals surface area (Å²) in [5.41, 5.74) is 1.67. The predicted octanol–water partition coefficient (Wildman–Crippen LogP) is 2.41. The monoisotopic (exact) mass is 277 g/mol. The molecule has 0 radical (unpaired) electrons. The van der Waals surface area contributed by atoms with Gasteiger partial charge in [0.1, 0.15) is 5.01 Å². The van der Waals surface area contributed by atoms with Crippen LogP contribution in [0.3, 0.4) is 0 Å². The van der Waals surface area contributed by atoms with Crippen LogP contribution in [0.2, 0.25) is 0 Å². The number of pyridine rings is 1. The highest BCUT2D eigenvalue weighted by atomic mass is 32.1. The van der Waals surface area contributed by atoms with Gasteiger partial charge in [0.15, 0.2) is 0 Å². The number of rotatable bonds is 5. The molecule has 2 aromatic rings. The number of aliphatic hydroxyl groups is 1. The smallest absolute Gasteiger partial charge is 0.142 e. The molecule has 0 saturated carbocycles. The first-order valence-corrected chi connectivity index (χ1v) is 7.09. The Balaban J connectivity index is 2.10. The summed E-state index contributed by atoms with van der Waals surface area (Å²) in [7, 11) is 2.00. The first-order valence-electron chi connectivity index (χ1n) is 6.21. The minimum atomic E-state index is -0.241. The molecule has 5 heteroatoms. The lowest BCUT2D eigenvalue weighted by atomic mass is 10.1. The van der Waals surface area contributed by atoms with E-state index in [0.29, 0.717) is 0 Å². The molecule has 0 aliphatic heterocycles. The first kappa shape index (κ1) is 14.1. The van der Waals surface area contributed by atoms with Gasteiger partial charge in [0, 0.05) is 23.7 Å². The predicted molar refractivity (Wildman–Crippen MR) is 78.0 cm³/mol. The normalized spacial score (nSPS) is 12.1. The third-order valence-corrected chi connectivity index (χ3v) is 4.17. The fraction of sp³-hybridized carbons (Fsp3) is 0.429. The van der Waals surface area contributed by atoms with Gasteiger partial charge in [-0.25, -0.2) is 4.98 Å². The van der Waals surface area contributed by atoms with Crippen molar-refractivity contribution in [1.29, 1.82) is 0 Å². The van der Waals surface area contributed by atoms with E-state index in [2.05, 4.69) is 14.9 Å². The topological polar surface area (TPSA) is 49.2 Å². The number of aliphatic hydroxyl groups excluding tert-OH is 1. The third kappa shape index (κ3) is 3.37. The molecule has 0 fully saturated rings. The minimum Gasteiger partial charge on any atom is -0.394 e. The van der Waals surface area contributed by atoms with Crippen LogP contribution in [0, 0.1) is 0 Å². The van der Waals surface area contributed by atoms with Gasteiger partial charge < -0.3 is 5.11 Å². The van der Waals surface area contributed by atoms with E-state index in [-0.39, 0.29) is 12.1 Å². The van der Waals surface area contributed by atoms with Crippen LogP contribution < -0.4 is 0 Å². The lowest BCUT2D eigenvalue weighted by Gasteiger charge is -2.33. The molecule has 0 bridgehead atoms. The second-order valence-electron chi connectivity index (χ2n) is 5.19. The Labute approximate surface area is 117 Å². The van der Waals surface area contributed by atoms with Crippen molar-refractivity contribution < 1.29 is 5.11 Å². The van der Waals surface area contributed by atoms with E-state index < -0.39 is 0 Å². The van der Waals surface area contributed by atoms with Gasteiger partial charge in [-0.2, -0.15) is 0 Å². The Morgan fingerprint density at radius 3 is 2.79 bits per heavy atom. The maximum Gasteiger partial charge on any atom is 0.142 e. The number of likely N-dealkylation sites (N-methyl/N-ethyl adjacent to an activating group) is 1.